The predicted octanol–water partition coefficient (Wildman–Crippen LogP) is 4.56. The van der Waals surface area contributed by atoms with E-state index in [4.69, 9.17) is 4.74 Å². The van der Waals surface area contributed by atoms with Gasteiger partial charge in [0.25, 0.3) is 0 Å². The molecule has 0 radical (unpaired) electrons. The molecule has 0 saturated carbocycles. The van der Waals surface area contributed by atoms with Gasteiger partial charge in [0.15, 0.2) is 0 Å². The average Bonchev–Trinajstić information content (AvgIpc) is 3.50. The Hall–Kier alpha value is -2.53. The Kier molecular flexibility index (Phi) is 6.63. The third-order valence-corrected chi connectivity index (χ3v) is 7.65. The van der Waals surface area contributed by atoms with Crippen LogP contribution in [0.4, 0.5) is 5.82 Å². The van der Waals surface area contributed by atoms with Crippen molar-refractivity contribution >= 4 is 27.4 Å². The molecule has 166 valence electrons. The zero-order valence-corrected chi connectivity index (χ0v) is 19.2. The van der Waals surface area contributed by atoms with E-state index in [2.05, 4.69) is 38.0 Å². The first-order valence-corrected chi connectivity index (χ1v) is 12.4. The Morgan fingerprint density at radius 1 is 1.06 bits per heavy atom. The molecule has 3 aromatic rings. The molecule has 0 amide bonds. The lowest BCUT2D eigenvalue weighted by molar-refractivity contribution is 0.0753. The second-order valence-electron chi connectivity index (χ2n) is 8.72. The van der Waals surface area contributed by atoms with Crippen LogP contribution in [-0.2, 0) is 4.74 Å². The molecule has 0 aliphatic carbocycles. The summed E-state index contributed by atoms with van der Waals surface area (Å²) >= 11 is 1.46. The minimum absolute atomic E-state index is 0.605. The minimum Gasteiger partial charge on any atom is -0.380 e. The highest BCUT2D eigenvalue weighted by Gasteiger charge is 2.25. The molecule has 2 aliphatic rings. The average molecular weight is 448 g/mol. The number of ether oxygens (including phenoxy) is 1. The molecule has 5 rings (SSSR count). The second-order valence-corrected chi connectivity index (χ2v) is 9.71. The summed E-state index contributed by atoms with van der Waals surface area (Å²) in [6.07, 6.45) is 6.51. The van der Waals surface area contributed by atoms with Crippen molar-refractivity contribution in [3.05, 3.63) is 41.5 Å². The van der Waals surface area contributed by atoms with Crippen molar-refractivity contribution in [2.75, 3.05) is 50.8 Å². The van der Waals surface area contributed by atoms with Gasteiger partial charge in [-0.1, -0.05) is 30.3 Å². The van der Waals surface area contributed by atoms with Crippen molar-refractivity contribution in [3.8, 4) is 17.2 Å². The van der Waals surface area contributed by atoms with Gasteiger partial charge in [-0.3, -0.25) is 0 Å². The van der Waals surface area contributed by atoms with Crippen LogP contribution < -0.4 is 4.90 Å². The van der Waals surface area contributed by atoms with E-state index in [0.717, 1.165) is 72.9 Å². The largest absolute Gasteiger partial charge is 0.380 e. The van der Waals surface area contributed by atoms with E-state index in [1.807, 2.05) is 18.2 Å². The van der Waals surface area contributed by atoms with Crippen molar-refractivity contribution in [1.82, 2.24) is 14.9 Å². The molecule has 2 aliphatic heterocycles. The number of piperidine rings is 1. The molecule has 0 N–H and O–H groups in total. The summed E-state index contributed by atoms with van der Waals surface area (Å²) in [5, 5.41) is 10.8. The number of likely N-dealkylation sites (tertiary alicyclic amines) is 1. The molecule has 1 aromatic carbocycles. The maximum atomic E-state index is 9.77. The normalized spacial score (nSPS) is 17.8. The van der Waals surface area contributed by atoms with Crippen LogP contribution in [-0.4, -0.2) is 60.8 Å². The van der Waals surface area contributed by atoms with Crippen LogP contribution in [0.25, 0.3) is 21.3 Å². The van der Waals surface area contributed by atoms with Gasteiger partial charge in [-0.05, 0) is 50.3 Å². The van der Waals surface area contributed by atoms with E-state index < -0.39 is 0 Å². The summed E-state index contributed by atoms with van der Waals surface area (Å²) in [4.78, 5) is 15.6. The van der Waals surface area contributed by atoms with Gasteiger partial charge in [0.2, 0.25) is 0 Å². The second kappa shape index (κ2) is 9.95. The van der Waals surface area contributed by atoms with E-state index in [-0.39, 0.29) is 0 Å². The number of nitrogens with zero attached hydrogens (tertiary/aromatic N) is 5. The first-order chi connectivity index (χ1) is 15.8. The highest BCUT2D eigenvalue weighted by molar-refractivity contribution is 7.19. The van der Waals surface area contributed by atoms with Crippen LogP contribution in [0.3, 0.4) is 0 Å². The Morgan fingerprint density at radius 2 is 1.84 bits per heavy atom. The molecule has 32 heavy (non-hydrogen) atoms. The van der Waals surface area contributed by atoms with Crippen LogP contribution in [0.2, 0.25) is 0 Å². The zero-order valence-electron chi connectivity index (χ0n) is 18.4. The predicted molar refractivity (Wildman–Crippen MR) is 129 cm³/mol. The molecule has 7 heteroatoms. The molecular weight excluding hydrogens is 418 g/mol. The molecule has 2 aromatic heterocycles. The quantitative estimate of drug-likeness (QED) is 0.495. The monoisotopic (exact) mass is 447 g/mol. The molecule has 0 atom stereocenters. The number of anilines is 1. The van der Waals surface area contributed by atoms with Crippen molar-refractivity contribution in [2.24, 2.45) is 5.92 Å². The van der Waals surface area contributed by atoms with E-state index >= 15 is 0 Å². The number of benzene rings is 1. The van der Waals surface area contributed by atoms with Crippen molar-refractivity contribution in [3.63, 3.8) is 0 Å². The smallest absolute Gasteiger partial charge is 0.141 e. The SMILES string of the molecule is N#Cc1sc2ncnc(N3CCC(COCCN4CCCC4)CC3)c2c1-c1ccccc1. The summed E-state index contributed by atoms with van der Waals surface area (Å²) in [6, 6.07) is 12.5. The van der Waals surface area contributed by atoms with Gasteiger partial charge in [-0.15, -0.1) is 11.3 Å². The molecule has 0 bridgehead atoms. The van der Waals surface area contributed by atoms with E-state index in [9.17, 15) is 5.26 Å². The number of fused-ring (bicyclic) bond motifs is 1. The summed E-state index contributed by atoms with van der Waals surface area (Å²) in [7, 11) is 0. The Morgan fingerprint density at radius 3 is 2.59 bits per heavy atom. The lowest BCUT2D eigenvalue weighted by atomic mass is 9.97. The fraction of sp³-hybridized carbons (Fsp3) is 0.480. The Balaban J connectivity index is 1.27. The summed E-state index contributed by atoms with van der Waals surface area (Å²) in [5.74, 6) is 1.56. The van der Waals surface area contributed by atoms with E-state index in [1.165, 1.54) is 37.3 Å². The maximum absolute atomic E-state index is 9.77. The number of rotatable bonds is 7. The van der Waals surface area contributed by atoms with Crippen LogP contribution in [0.15, 0.2) is 36.7 Å². The summed E-state index contributed by atoms with van der Waals surface area (Å²) in [5.41, 5.74) is 2.02. The molecule has 6 nitrogen and oxygen atoms in total. The molecule has 0 spiro atoms. The van der Waals surface area contributed by atoms with Gasteiger partial charge < -0.3 is 14.5 Å². The van der Waals surface area contributed by atoms with E-state index in [0.29, 0.717) is 10.8 Å². The van der Waals surface area contributed by atoms with Crippen LogP contribution >= 0.6 is 11.3 Å². The first kappa shape index (κ1) is 21.3. The number of aromatic nitrogens is 2. The molecule has 2 saturated heterocycles. The maximum Gasteiger partial charge on any atom is 0.141 e. The summed E-state index contributed by atoms with van der Waals surface area (Å²) < 4.78 is 6.02. The van der Waals surface area contributed by atoms with Crippen molar-refractivity contribution in [2.45, 2.75) is 25.7 Å². The zero-order chi connectivity index (χ0) is 21.8. The third kappa shape index (κ3) is 4.49. The lowest BCUT2D eigenvalue weighted by Crippen LogP contribution is -2.36. The standard InChI is InChI=1S/C25H29N5OS/c26-16-21-22(20-6-2-1-3-7-20)23-24(27-18-28-25(23)32-21)30-12-8-19(9-13-30)17-31-15-14-29-10-4-5-11-29/h1-3,6-7,18-19H,4-5,8-15,17H2. The lowest BCUT2D eigenvalue weighted by Gasteiger charge is -2.33. The van der Waals surface area contributed by atoms with Gasteiger partial charge in [0.05, 0.1) is 12.0 Å². The van der Waals surface area contributed by atoms with Gasteiger partial charge in [0, 0.05) is 31.8 Å². The fourth-order valence-electron chi connectivity index (χ4n) is 4.88. The Labute approximate surface area is 193 Å². The molecule has 0 unspecified atom stereocenters. The van der Waals surface area contributed by atoms with E-state index in [1.54, 1.807) is 6.33 Å². The van der Waals surface area contributed by atoms with Gasteiger partial charge in [-0.2, -0.15) is 5.26 Å². The third-order valence-electron chi connectivity index (χ3n) is 6.65. The van der Waals surface area contributed by atoms with Crippen LogP contribution in [0.5, 0.6) is 0 Å². The summed E-state index contributed by atoms with van der Waals surface area (Å²) in [6.45, 7) is 7.15. The molecule has 4 heterocycles. The number of hydrogen-bond donors (Lipinski definition) is 0. The van der Waals surface area contributed by atoms with Gasteiger partial charge in [0.1, 0.15) is 27.9 Å². The van der Waals surface area contributed by atoms with Crippen molar-refractivity contribution in [1.29, 1.82) is 5.26 Å². The topological polar surface area (TPSA) is 65.3 Å². The first-order valence-electron chi connectivity index (χ1n) is 11.6. The molecular formula is C25H29N5OS. The highest BCUT2D eigenvalue weighted by atomic mass is 32.1. The minimum atomic E-state index is 0.605. The highest BCUT2D eigenvalue weighted by Crippen LogP contribution is 2.42. The van der Waals surface area contributed by atoms with Gasteiger partial charge in [-0.25, -0.2) is 9.97 Å². The van der Waals surface area contributed by atoms with Crippen LogP contribution in [0, 0.1) is 17.2 Å². The number of thiophene rings is 1. The van der Waals surface area contributed by atoms with Crippen LogP contribution in [0.1, 0.15) is 30.6 Å². The molecule has 2 fully saturated rings. The van der Waals surface area contributed by atoms with Gasteiger partial charge >= 0.3 is 0 Å². The number of hydrogen-bond acceptors (Lipinski definition) is 7. The Bertz CT molecular complexity index is 1080. The fourth-order valence-corrected chi connectivity index (χ4v) is 5.83. The number of nitriles is 1. The van der Waals surface area contributed by atoms with Crippen molar-refractivity contribution < 1.29 is 4.74 Å².